The van der Waals surface area contributed by atoms with E-state index in [0.717, 1.165) is 5.56 Å². The van der Waals surface area contributed by atoms with Crippen LogP contribution in [0, 0.1) is 0 Å². The van der Waals surface area contributed by atoms with Gasteiger partial charge in [0.05, 0.1) is 6.54 Å². The maximum atomic E-state index is 11.8. The first-order chi connectivity index (χ1) is 9.65. The van der Waals surface area contributed by atoms with Crippen molar-refractivity contribution < 1.29 is 4.79 Å². The van der Waals surface area contributed by atoms with Crippen LogP contribution in [-0.2, 0) is 4.79 Å². The zero-order valence-electron chi connectivity index (χ0n) is 11.1. The summed E-state index contributed by atoms with van der Waals surface area (Å²) >= 11 is 5.86. The molecule has 2 aromatic rings. The molecule has 5 heteroatoms. The molecule has 20 heavy (non-hydrogen) atoms. The van der Waals surface area contributed by atoms with Gasteiger partial charge in [0.15, 0.2) is 0 Å². The van der Waals surface area contributed by atoms with Gasteiger partial charge >= 0.3 is 0 Å². The van der Waals surface area contributed by atoms with Crippen molar-refractivity contribution in [3.63, 3.8) is 0 Å². The van der Waals surface area contributed by atoms with Crippen molar-refractivity contribution in [3.8, 4) is 0 Å². The van der Waals surface area contributed by atoms with Gasteiger partial charge in [-0.1, -0.05) is 23.7 Å². The monoisotopic (exact) mass is 289 g/mol. The number of carbonyl (C=O) groups excluding carboxylic acids is 1. The third-order valence-corrected chi connectivity index (χ3v) is 3.10. The van der Waals surface area contributed by atoms with Crippen LogP contribution in [0.2, 0.25) is 5.02 Å². The Bertz CT molecular complexity index is 574. The number of nitrogens with zero attached hydrogens (tertiary/aromatic N) is 1. The summed E-state index contributed by atoms with van der Waals surface area (Å²) in [4.78, 5) is 15.9. The van der Waals surface area contributed by atoms with Gasteiger partial charge in [0.25, 0.3) is 0 Å². The highest BCUT2D eigenvalue weighted by molar-refractivity contribution is 6.30. The number of anilines is 1. The minimum Gasteiger partial charge on any atom is -0.325 e. The fourth-order valence-corrected chi connectivity index (χ4v) is 1.96. The number of halogens is 1. The Hall–Kier alpha value is -1.91. The number of benzene rings is 1. The van der Waals surface area contributed by atoms with Crippen molar-refractivity contribution >= 4 is 23.2 Å². The van der Waals surface area contributed by atoms with E-state index in [1.165, 1.54) is 0 Å². The third kappa shape index (κ3) is 4.33. The van der Waals surface area contributed by atoms with Gasteiger partial charge < -0.3 is 10.6 Å². The molecule has 0 aliphatic rings. The van der Waals surface area contributed by atoms with Crippen LogP contribution in [0.1, 0.15) is 18.5 Å². The van der Waals surface area contributed by atoms with Crippen molar-refractivity contribution in [1.29, 1.82) is 0 Å². The van der Waals surface area contributed by atoms with Crippen LogP contribution >= 0.6 is 11.6 Å². The zero-order chi connectivity index (χ0) is 14.4. The van der Waals surface area contributed by atoms with Gasteiger partial charge in [0.2, 0.25) is 5.91 Å². The van der Waals surface area contributed by atoms with Gasteiger partial charge in [-0.05, 0) is 36.8 Å². The number of carbonyl (C=O) groups is 1. The van der Waals surface area contributed by atoms with Gasteiger partial charge in [0.1, 0.15) is 0 Å². The first-order valence-corrected chi connectivity index (χ1v) is 6.71. The van der Waals surface area contributed by atoms with E-state index in [1.54, 1.807) is 36.7 Å². The third-order valence-electron chi connectivity index (χ3n) is 2.86. The molecule has 0 unspecified atom stereocenters. The van der Waals surface area contributed by atoms with Gasteiger partial charge in [-0.15, -0.1) is 0 Å². The molecule has 2 N–H and O–H groups in total. The topological polar surface area (TPSA) is 54.0 Å². The number of hydrogen-bond acceptors (Lipinski definition) is 3. The molecule has 0 fully saturated rings. The summed E-state index contributed by atoms with van der Waals surface area (Å²) in [6, 6.07) is 11.0. The molecule has 1 amide bonds. The highest BCUT2D eigenvalue weighted by atomic mass is 35.5. The van der Waals surface area contributed by atoms with E-state index >= 15 is 0 Å². The molecule has 1 aromatic heterocycles. The first-order valence-electron chi connectivity index (χ1n) is 6.34. The van der Waals surface area contributed by atoms with E-state index in [-0.39, 0.29) is 18.5 Å². The van der Waals surface area contributed by atoms with Crippen molar-refractivity contribution in [1.82, 2.24) is 10.3 Å². The Balaban J connectivity index is 1.83. The van der Waals surface area contributed by atoms with E-state index in [1.807, 2.05) is 19.1 Å². The lowest BCUT2D eigenvalue weighted by Crippen LogP contribution is -2.30. The summed E-state index contributed by atoms with van der Waals surface area (Å²) < 4.78 is 0. The molecule has 0 aliphatic carbocycles. The molecule has 0 saturated carbocycles. The van der Waals surface area contributed by atoms with E-state index in [0.29, 0.717) is 10.7 Å². The van der Waals surface area contributed by atoms with Crippen molar-refractivity contribution in [2.45, 2.75) is 13.0 Å². The predicted octanol–water partition coefficient (Wildman–Crippen LogP) is 3.02. The lowest BCUT2D eigenvalue weighted by molar-refractivity contribution is -0.115. The van der Waals surface area contributed by atoms with Crippen LogP contribution in [0.15, 0.2) is 48.8 Å². The molecule has 0 aliphatic heterocycles. The molecule has 104 valence electrons. The molecule has 0 radical (unpaired) electrons. The van der Waals surface area contributed by atoms with Crippen LogP contribution in [0.3, 0.4) is 0 Å². The largest absolute Gasteiger partial charge is 0.325 e. The maximum absolute atomic E-state index is 11.8. The lowest BCUT2D eigenvalue weighted by atomic mass is 10.1. The first kappa shape index (κ1) is 14.5. The molecular weight excluding hydrogens is 274 g/mol. The SMILES string of the molecule is C[C@H](NCC(=O)Nc1cccc(Cl)c1)c1cccnc1. The maximum Gasteiger partial charge on any atom is 0.238 e. The number of nitrogens with one attached hydrogen (secondary N) is 2. The number of amides is 1. The number of aromatic nitrogens is 1. The van der Waals surface area contributed by atoms with Crippen LogP contribution in [0.4, 0.5) is 5.69 Å². The molecule has 2 rings (SSSR count). The minimum absolute atomic E-state index is 0.0637. The summed E-state index contributed by atoms with van der Waals surface area (Å²) in [7, 11) is 0. The number of hydrogen-bond donors (Lipinski definition) is 2. The Kier molecular flexibility index (Phi) is 5.09. The second-order valence-electron chi connectivity index (χ2n) is 4.45. The molecule has 1 heterocycles. The normalized spacial score (nSPS) is 11.9. The fourth-order valence-electron chi connectivity index (χ4n) is 1.77. The van der Waals surface area contributed by atoms with Gasteiger partial charge in [-0.3, -0.25) is 9.78 Å². The van der Waals surface area contributed by atoms with E-state index in [9.17, 15) is 4.79 Å². The number of pyridine rings is 1. The molecular formula is C15H16ClN3O. The quantitative estimate of drug-likeness (QED) is 0.889. The molecule has 1 atom stereocenters. The van der Waals surface area contributed by atoms with E-state index < -0.39 is 0 Å². The predicted molar refractivity (Wildman–Crippen MR) is 80.7 cm³/mol. The molecule has 1 aromatic carbocycles. The van der Waals surface area contributed by atoms with Crippen molar-refractivity contribution in [2.24, 2.45) is 0 Å². The Morgan fingerprint density at radius 2 is 2.20 bits per heavy atom. The summed E-state index contributed by atoms with van der Waals surface area (Å²) in [5.74, 6) is -0.108. The van der Waals surface area contributed by atoms with Gasteiger partial charge in [-0.2, -0.15) is 0 Å². The van der Waals surface area contributed by atoms with Gasteiger partial charge in [0, 0.05) is 29.1 Å². The molecule has 0 bridgehead atoms. The summed E-state index contributed by atoms with van der Waals surface area (Å²) in [5, 5.41) is 6.53. The van der Waals surface area contributed by atoms with Crippen molar-refractivity contribution in [2.75, 3.05) is 11.9 Å². The molecule has 0 saturated heterocycles. The summed E-state index contributed by atoms with van der Waals surface area (Å²) in [5.41, 5.74) is 1.74. The highest BCUT2D eigenvalue weighted by Gasteiger charge is 2.08. The molecule has 0 spiro atoms. The number of rotatable bonds is 5. The zero-order valence-corrected chi connectivity index (χ0v) is 11.9. The van der Waals surface area contributed by atoms with Crippen LogP contribution in [0.5, 0.6) is 0 Å². The summed E-state index contributed by atoms with van der Waals surface area (Å²) in [6.07, 6.45) is 3.51. The second kappa shape index (κ2) is 7.03. The Labute approximate surface area is 123 Å². The second-order valence-corrected chi connectivity index (χ2v) is 4.88. The Morgan fingerprint density at radius 1 is 1.35 bits per heavy atom. The van der Waals surface area contributed by atoms with Crippen LogP contribution < -0.4 is 10.6 Å². The standard InChI is InChI=1S/C15H16ClN3O/c1-11(12-4-3-7-17-9-12)18-10-15(20)19-14-6-2-5-13(16)8-14/h2-9,11,18H,10H2,1H3,(H,19,20)/t11-/m0/s1. The smallest absolute Gasteiger partial charge is 0.238 e. The lowest BCUT2D eigenvalue weighted by Gasteiger charge is -2.13. The van der Waals surface area contributed by atoms with Gasteiger partial charge in [-0.25, -0.2) is 0 Å². The highest BCUT2D eigenvalue weighted by Crippen LogP contribution is 2.14. The fraction of sp³-hybridized carbons (Fsp3) is 0.200. The minimum atomic E-state index is -0.108. The van der Waals surface area contributed by atoms with Crippen molar-refractivity contribution in [3.05, 3.63) is 59.4 Å². The van der Waals surface area contributed by atoms with Crippen LogP contribution in [-0.4, -0.2) is 17.4 Å². The molecule has 4 nitrogen and oxygen atoms in total. The average Bonchev–Trinajstić information content (AvgIpc) is 2.46. The van der Waals surface area contributed by atoms with Crippen LogP contribution in [0.25, 0.3) is 0 Å². The van der Waals surface area contributed by atoms with E-state index in [2.05, 4.69) is 15.6 Å². The summed E-state index contributed by atoms with van der Waals surface area (Å²) in [6.45, 7) is 2.21. The average molecular weight is 290 g/mol. The van der Waals surface area contributed by atoms with E-state index in [4.69, 9.17) is 11.6 Å². The Morgan fingerprint density at radius 3 is 2.90 bits per heavy atom.